The van der Waals surface area contributed by atoms with Gasteiger partial charge in [-0.05, 0) is 33.1 Å². The minimum atomic E-state index is -0.103. The van der Waals surface area contributed by atoms with Gasteiger partial charge in [-0.2, -0.15) is 0 Å². The van der Waals surface area contributed by atoms with Crippen molar-refractivity contribution in [2.45, 2.75) is 105 Å². The van der Waals surface area contributed by atoms with Crippen molar-refractivity contribution in [3.8, 4) is 0 Å². The van der Waals surface area contributed by atoms with Crippen molar-refractivity contribution < 1.29 is 9.47 Å². The summed E-state index contributed by atoms with van der Waals surface area (Å²) in [6, 6.07) is 0. The molecule has 0 aromatic heterocycles. The number of fused-ring (bicyclic) bond motifs is 4. The predicted molar refractivity (Wildman–Crippen MR) is 93.3 cm³/mol. The van der Waals surface area contributed by atoms with E-state index in [0.29, 0.717) is 0 Å². The second-order valence-electron chi connectivity index (χ2n) is 11.5. The summed E-state index contributed by atoms with van der Waals surface area (Å²) in [6.07, 6.45) is 0. The summed E-state index contributed by atoms with van der Waals surface area (Å²) < 4.78 is 13.2. The van der Waals surface area contributed by atoms with Gasteiger partial charge in [-0.15, -0.1) is 0 Å². The largest absolute Gasteiger partial charge is 0.362 e. The van der Waals surface area contributed by atoms with Crippen molar-refractivity contribution in [1.82, 2.24) is 0 Å². The van der Waals surface area contributed by atoms with Crippen LogP contribution in [0.5, 0.6) is 0 Å². The zero-order valence-corrected chi connectivity index (χ0v) is 17.3. The van der Waals surface area contributed by atoms with Crippen molar-refractivity contribution in [1.29, 1.82) is 0 Å². The Morgan fingerprint density at radius 2 is 0.609 bits per heavy atom. The van der Waals surface area contributed by atoms with Crippen LogP contribution in [0.15, 0.2) is 0 Å². The molecule has 4 fully saturated rings. The lowest BCUT2D eigenvalue weighted by Crippen LogP contribution is -2.73. The van der Waals surface area contributed by atoms with Crippen LogP contribution >= 0.6 is 0 Å². The van der Waals surface area contributed by atoms with E-state index in [9.17, 15) is 0 Å². The van der Waals surface area contributed by atoms with Gasteiger partial charge in [0.25, 0.3) is 0 Å². The van der Waals surface area contributed by atoms with Gasteiger partial charge in [0.1, 0.15) is 22.4 Å². The summed E-state index contributed by atoms with van der Waals surface area (Å²) in [5.41, 5.74) is -0.0723. The molecule has 0 aromatic carbocycles. The van der Waals surface area contributed by atoms with Crippen LogP contribution in [0.1, 0.15) is 83.1 Å². The Bertz CT molecular complexity index is 618. The predicted octanol–water partition coefficient (Wildman–Crippen LogP) is 5.20. The van der Waals surface area contributed by atoms with Crippen molar-refractivity contribution >= 4 is 0 Å². The van der Waals surface area contributed by atoms with E-state index in [2.05, 4.69) is 83.1 Å². The number of hydrogen-bond acceptors (Lipinski definition) is 2. The van der Waals surface area contributed by atoms with Gasteiger partial charge in [0.05, 0.1) is 0 Å². The van der Waals surface area contributed by atoms with Gasteiger partial charge in [-0.1, -0.05) is 55.4 Å². The monoisotopic (exact) mass is 320 g/mol. The third-order valence-electron chi connectivity index (χ3n) is 11.8. The maximum atomic E-state index is 6.63. The quantitative estimate of drug-likeness (QED) is 0.573. The minimum absolute atomic E-state index is 0.0271. The molecule has 2 saturated heterocycles. The van der Waals surface area contributed by atoms with E-state index in [1.165, 1.54) is 0 Å². The molecule has 2 heterocycles. The summed E-state index contributed by atoms with van der Waals surface area (Å²) in [5.74, 6) is 0. The van der Waals surface area contributed by atoms with Crippen molar-refractivity contribution in [2.75, 3.05) is 0 Å². The lowest BCUT2D eigenvalue weighted by Gasteiger charge is -2.70. The van der Waals surface area contributed by atoms with Gasteiger partial charge in [-0.25, -0.2) is 0 Å². The first-order chi connectivity index (χ1) is 9.91. The lowest BCUT2D eigenvalue weighted by atomic mass is 9.32. The third-order valence-corrected chi connectivity index (χ3v) is 11.8. The van der Waals surface area contributed by atoms with Crippen LogP contribution in [-0.4, -0.2) is 22.4 Å². The molecule has 0 radical (unpaired) electrons. The van der Waals surface area contributed by atoms with Crippen LogP contribution < -0.4 is 0 Å². The summed E-state index contributed by atoms with van der Waals surface area (Å²) in [7, 11) is 0. The van der Waals surface area contributed by atoms with Gasteiger partial charge >= 0.3 is 0 Å². The van der Waals surface area contributed by atoms with E-state index < -0.39 is 0 Å². The average molecular weight is 321 g/mol. The fourth-order valence-electron chi connectivity index (χ4n) is 8.68. The molecule has 6 atom stereocenters. The van der Waals surface area contributed by atoms with E-state index in [1.54, 1.807) is 0 Å². The molecule has 0 amide bonds. The third kappa shape index (κ3) is 0.907. The second kappa shape index (κ2) is 3.07. The number of epoxide rings is 2. The lowest BCUT2D eigenvalue weighted by molar-refractivity contribution is -0.251. The van der Waals surface area contributed by atoms with E-state index in [0.717, 1.165) is 0 Å². The van der Waals surface area contributed by atoms with Crippen LogP contribution in [0.25, 0.3) is 0 Å². The Morgan fingerprint density at radius 3 is 1.00 bits per heavy atom. The van der Waals surface area contributed by atoms with Crippen LogP contribution in [0, 0.1) is 27.1 Å². The molecule has 6 unspecified atom stereocenters. The smallest absolute Gasteiger partial charge is 0.102 e. The highest BCUT2D eigenvalue weighted by Crippen LogP contribution is 2.95. The Labute approximate surface area is 142 Å². The maximum absolute atomic E-state index is 6.63. The standard InChI is InChI=1S/C21H36O2/c1-13(2)16(7)14(3,4)20(11)21(12,23-20)17(16,8)15(5,6)19(10)18(13,9)22-19/h1-12H3. The van der Waals surface area contributed by atoms with E-state index >= 15 is 0 Å². The van der Waals surface area contributed by atoms with Crippen LogP contribution in [-0.2, 0) is 9.47 Å². The first-order valence-electron chi connectivity index (χ1n) is 9.32. The summed E-state index contributed by atoms with van der Waals surface area (Å²) >= 11 is 0. The Morgan fingerprint density at radius 1 is 0.348 bits per heavy atom. The molecule has 0 bridgehead atoms. The minimum Gasteiger partial charge on any atom is -0.362 e. The summed E-state index contributed by atoms with van der Waals surface area (Å²) in [4.78, 5) is 0. The summed E-state index contributed by atoms with van der Waals surface area (Å²) in [6.45, 7) is 29.1. The van der Waals surface area contributed by atoms with E-state index in [-0.39, 0.29) is 49.5 Å². The highest BCUT2D eigenvalue weighted by Gasteiger charge is 3.01. The van der Waals surface area contributed by atoms with Gasteiger partial charge < -0.3 is 9.47 Å². The zero-order chi connectivity index (χ0) is 17.9. The molecular weight excluding hydrogens is 284 g/mol. The number of rotatable bonds is 0. The van der Waals surface area contributed by atoms with Crippen LogP contribution in [0.2, 0.25) is 0 Å². The average Bonchev–Trinajstić information content (AvgIpc) is 3.18. The normalized spacial score (nSPS) is 66.3. The van der Waals surface area contributed by atoms with Crippen molar-refractivity contribution in [3.63, 3.8) is 0 Å². The first-order valence-corrected chi connectivity index (χ1v) is 9.32. The molecule has 0 spiro atoms. The molecule has 4 aliphatic rings. The molecule has 0 N–H and O–H groups in total. The highest BCUT2D eigenvalue weighted by molar-refractivity contribution is 5.48. The van der Waals surface area contributed by atoms with Crippen molar-refractivity contribution in [2.24, 2.45) is 27.1 Å². The van der Waals surface area contributed by atoms with Gasteiger partial charge in [0.2, 0.25) is 0 Å². The fraction of sp³-hybridized carbons (Fsp3) is 1.00. The van der Waals surface area contributed by atoms with Crippen LogP contribution in [0.3, 0.4) is 0 Å². The number of hydrogen-bond donors (Lipinski definition) is 0. The SMILES string of the molecule is CC1(C)C2(C)OC2(C)C(C)(C)C2(C)C3(C)OC3(C)C(C)(C)C12C. The maximum Gasteiger partial charge on any atom is 0.102 e. The van der Waals surface area contributed by atoms with E-state index in [1.807, 2.05) is 0 Å². The fourth-order valence-corrected chi connectivity index (χ4v) is 8.68. The Hall–Kier alpha value is -0.0800. The van der Waals surface area contributed by atoms with E-state index in [4.69, 9.17) is 9.47 Å². The Kier molecular flexibility index (Phi) is 2.19. The molecule has 23 heavy (non-hydrogen) atoms. The van der Waals surface area contributed by atoms with Gasteiger partial charge in [-0.3, -0.25) is 0 Å². The first kappa shape index (κ1) is 16.4. The van der Waals surface area contributed by atoms with Crippen molar-refractivity contribution in [3.05, 3.63) is 0 Å². The molecule has 132 valence electrons. The molecule has 2 saturated carbocycles. The molecule has 0 aromatic rings. The second-order valence-corrected chi connectivity index (χ2v) is 11.5. The number of ether oxygens (including phenoxy) is 2. The highest BCUT2D eigenvalue weighted by atomic mass is 16.6. The molecule has 2 heteroatoms. The molecule has 2 aliphatic heterocycles. The van der Waals surface area contributed by atoms with Gasteiger partial charge in [0, 0.05) is 21.7 Å². The summed E-state index contributed by atoms with van der Waals surface area (Å²) in [5, 5.41) is 0. The molecule has 4 rings (SSSR count). The topological polar surface area (TPSA) is 25.1 Å². The molecule has 2 aliphatic carbocycles. The zero-order valence-electron chi connectivity index (χ0n) is 17.3. The molecule has 2 nitrogen and oxygen atoms in total. The van der Waals surface area contributed by atoms with Crippen LogP contribution in [0.4, 0.5) is 0 Å². The molecular formula is C21H36O2. The van der Waals surface area contributed by atoms with Gasteiger partial charge in [0.15, 0.2) is 0 Å². The Balaban J connectivity index is 2.13.